The molecule has 0 unspecified atom stereocenters. The van der Waals surface area contributed by atoms with Gasteiger partial charge >= 0.3 is 0 Å². The van der Waals surface area contributed by atoms with Crippen molar-refractivity contribution in [1.82, 2.24) is 39.8 Å². The first-order valence-corrected chi connectivity index (χ1v) is 10.4. The number of amides is 1. The molecule has 0 atom stereocenters. The fourth-order valence-corrected chi connectivity index (χ4v) is 3.56. The van der Waals surface area contributed by atoms with Gasteiger partial charge in [-0.3, -0.25) is 20.2 Å². The van der Waals surface area contributed by atoms with E-state index >= 15 is 0 Å². The number of carbonyl (C=O) groups excluding carboxylic acids is 1. The molecule has 164 valence electrons. The minimum atomic E-state index is -0.316. The third-order valence-electron chi connectivity index (χ3n) is 5.00. The van der Waals surface area contributed by atoms with E-state index < -0.39 is 0 Å². The van der Waals surface area contributed by atoms with E-state index in [0.29, 0.717) is 23.4 Å². The summed E-state index contributed by atoms with van der Waals surface area (Å²) in [6.45, 7) is 3.81. The molecule has 5 aromatic rings. The van der Waals surface area contributed by atoms with Gasteiger partial charge in [-0.05, 0) is 32.0 Å². The Morgan fingerprint density at radius 1 is 0.939 bits per heavy atom. The lowest BCUT2D eigenvalue weighted by Crippen LogP contribution is -2.32. The van der Waals surface area contributed by atoms with E-state index in [-0.39, 0.29) is 12.3 Å². The largest absolute Gasteiger partial charge is 0.273 e. The summed E-state index contributed by atoms with van der Waals surface area (Å²) in [4.78, 5) is 21.3. The first-order chi connectivity index (χ1) is 16.1. The zero-order valence-electron chi connectivity index (χ0n) is 18.1. The van der Waals surface area contributed by atoms with Crippen molar-refractivity contribution in [2.24, 2.45) is 0 Å². The predicted molar refractivity (Wildman–Crippen MR) is 123 cm³/mol. The van der Waals surface area contributed by atoms with Gasteiger partial charge in [0.05, 0.1) is 12.1 Å². The van der Waals surface area contributed by atoms with Crippen LogP contribution in [0.3, 0.4) is 0 Å². The van der Waals surface area contributed by atoms with E-state index in [9.17, 15) is 4.79 Å². The monoisotopic (exact) mass is 439 g/mol. The number of hydrogen-bond donors (Lipinski definition) is 2. The van der Waals surface area contributed by atoms with E-state index in [2.05, 4.69) is 36.1 Å². The second-order valence-electron chi connectivity index (χ2n) is 7.51. The molecule has 3 heterocycles. The fraction of sp³-hybridized carbons (Fsp3) is 0.130. The van der Waals surface area contributed by atoms with Crippen molar-refractivity contribution in [3.05, 3.63) is 83.9 Å². The Kier molecular flexibility index (Phi) is 5.23. The third kappa shape index (κ3) is 4.13. The Hall–Kier alpha value is -4.60. The van der Waals surface area contributed by atoms with Gasteiger partial charge in [-0.2, -0.15) is 4.98 Å². The van der Waals surface area contributed by atoms with Gasteiger partial charge in [0.15, 0.2) is 11.6 Å². The van der Waals surface area contributed by atoms with Crippen LogP contribution in [0.4, 0.5) is 5.95 Å². The molecule has 0 spiro atoms. The Labute approximate surface area is 189 Å². The number of nitrogens with zero attached hydrogens (tertiary/aromatic N) is 7. The third-order valence-corrected chi connectivity index (χ3v) is 5.00. The molecule has 0 aliphatic carbocycles. The summed E-state index contributed by atoms with van der Waals surface area (Å²) < 4.78 is 3.47. The lowest BCUT2D eigenvalue weighted by atomic mass is 10.2. The predicted octanol–water partition coefficient (Wildman–Crippen LogP) is 2.67. The highest BCUT2D eigenvalue weighted by Crippen LogP contribution is 2.24. The van der Waals surface area contributed by atoms with E-state index in [0.717, 1.165) is 22.6 Å². The van der Waals surface area contributed by atoms with Crippen molar-refractivity contribution in [3.63, 3.8) is 0 Å². The van der Waals surface area contributed by atoms with Gasteiger partial charge in [0.1, 0.15) is 0 Å². The van der Waals surface area contributed by atoms with Crippen LogP contribution in [0.1, 0.15) is 17.2 Å². The van der Waals surface area contributed by atoms with Crippen LogP contribution in [0.25, 0.3) is 22.9 Å². The van der Waals surface area contributed by atoms with Gasteiger partial charge < -0.3 is 0 Å². The number of aromatic nitrogens is 7. The second kappa shape index (κ2) is 8.50. The van der Waals surface area contributed by atoms with Gasteiger partial charge in [-0.15, -0.1) is 15.3 Å². The minimum absolute atomic E-state index is 0.0140. The number of hydrazine groups is 1. The van der Waals surface area contributed by atoms with Crippen LogP contribution in [-0.4, -0.2) is 40.3 Å². The highest BCUT2D eigenvalue weighted by Gasteiger charge is 2.17. The molecule has 5 rings (SSSR count). The van der Waals surface area contributed by atoms with Crippen LogP contribution in [0.5, 0.6) is 0 Å². The fourth-order valence-electron chi connectivity index (χ4n) is 3.56. The molecule has 2 aromatic carbocycles. The molecule has 0 fully saturated rings. The van der Waals surface area contributed by atoms with Crippen molar-refractivity contribution < 1.29 is 4.79 Å². The number of para-hydroxylation sites is 1. The summed E-state index contributed by atoms with van der Waals surface area (Å²) in [6, 6.07) is 21.3. The number of rotatable bonds is 6. The normalized spacial score (nSPS) is 11.0. The smallest absolute Gasteiger partial charge is 0.252 e. The van der Waals surface area contributed by atoms with Gasteiger partial charge in [0.2, 0.25) is 11.9 Å². The average molecular weight is 439 g/mol. The van der Waals surface area contributed by atoms with Crippen LogP contribution < -0.4 is 10.9 Å². The van der Waals surface area contributed by atoms with Crippen molar-refractivity contribution in [2.75, 3.05) is 5.43 Å². The molecule has 10 nitrogen and oxygen atoms in total. The highest BCUT2D eigenvalue weighted by molar-refractivity contribution is 5.79. The maximum absolute atomic E-state index is 12.6. The van der Waals surface area contributed by atoms with Crippen LogP contribution in [0.15, 0.2) is 66.7 Å². The number of hydrogen-bond acceptors (Lipinski definition) is 7. The summed E-state index contributed by atoms with van der Waals surface area (Å²) in [5.41, 5.74) is 9.07. The van der Waals surface area contributed by atoms with Crippen molar-refractivity contribution in [3.8, 4) is 17.1 Å². The van der Waals surface area contributed by atoms with Gasteiger partial charge in [0, 0.05) is 17.0 Å². The Morgan fingerprint density at radius 2 is 1.67 bits per heavy atom. The van der Waals surface area contributed by atoms with E-state index in [1.807, 2.05) is 85.1 Å². The van der Waals surface area contributed by atoms with Crippen LogP contribution in [-0.2, 0) is 11.2 Å². The molecule has 0 radical (unpaired) electrons. The molecule has 0 bridgehead atoms. The molecule has 33 heavy (non-hydrogen) atoms. The van der Waals surface area contributed by atoms with Gasteiger partial charge in [0.25, 0.3) is 5.78 Å². The number of carbonyl (C=O) groups is 1. The standard InChI is InChI=1S/C23H21N9O/c1-15-13-16(2)32-22(24-15)25-19(30-32)14-20(33)26-28-23-29-27-21(17-9-5-3-6-10-17)31(23)18-11-7-4-8-12-18/h3-13H,14H2,1-2H3,(H,26,33)(H,28,29). The minimum Gasteiger partial charge on any atom is -0.273 e. The van der Waals surface area contributed by atoms with Crippen LogP contribution >= 0.6 is 0 Å². The quantitative estimate of drug-likeness (QED) is 0.391. The SMILES string of the molecule is Cc1cc(C)n2nc(CC(=O)NNc3nnc(-c4ccccc4)n3-c3ccccc3)nc2n1. The molecule has 2 N–H and O–H groups in total. The summed E-state index contributed by atoms with van der Waals surface area (Å²) in [5.74, 6) is 1.57. The van der Waals surface area contributed by atoms with Gasteiger partial charge in [-0.1, -0.05) is 48.5 Å². The van der Waals surface area contributed by atoms with E-state index in [1.54, 1.807) is 4.52 Å². The van der Waals surface area contributed by atoms with Crippen molar-refractivity contribution in [1.29, 1.82) is 0 Å². The van der Waals surface area contributed by atoms with Crippen molar-refractivity contribution in [2.45, 2.75) is 20.3 Å². The molecular weight excluding hydrogens is 418 g/mol. The number of anilines is 1. The Balaban J connectivity index is 1.37. The van der Waals surface area contributed by atoms with Gasteiger partial charge in [-0.25, -0.2) is 9.50 Å². The first-order valence-electron chi connectivity index (χ1n) is 10.4. The molecule has 1 amide bonds. The number of aryl methyl sites for hydroxylation is 2. The number of fused-ring (bicyclic) bond motifs is 1. The first kappa shape index (κ1) is 20.3. The highest BCUT2D eigenvalue weighted by atomic mass is 16.2. The Bertz CT molecular complexity index is 1420. The van der Waals surface area contributed by atoms with Crippen LogP contribution in [0, 0.1) is 13.8 Å². The maximum atomic E-state index is 12.6. The van der Waals surface area contributed by atoms with E-state index in [4.69, 9.17) is 0 Å². The molecule has 3 aromatic heterocycles. The van der Waals surface area contributed by atoms with Crippen LogP contribution in [0.2, 0.25) is 0 Å². The zero-order valence-corrected chi connectivity index (χ0v) is 18.1. The molecule has 10 heteroatoms. The summed E-state index contributed by atoms with van der Waals surface area (Å²) in [5, 5.41) is 13.0. The van der Waals surface area contributed by atoms with E-state index in [1.165, 1.54) is 0 Å². The molecule has 0 saturated carbocycles. The summed E-state index contributed by atoms with van der Waals surface area (Å²) in [6.07, 6.45) is -0.0140. The number of nitrogens with one attached hydrogen (secondary N) is 2. The van der Waals surface area contributed by atoms with Crippen molar-refractivity contribution >= 4 is 17.6 Å². The lowest BCUT2D eigenvalue weighted by molar-refractivity contribution is -0.120. The molecule has 0 aliphatic heterocycles. The molecule has 0 saturated heterocycles. The maximum Gasteiger partial charge on any atom is 0.252 e. The Morgan fingerprint density at radius 3 is 2.42 bits per heavy atom. The number of benzene rings is 2. The summed E-state index contributed by atoms with van der Waals surface area (Å²) >= 11 is 0. The average Bonchev–Trinajstić information content (AvgIpc) is 3.43. The summed E-state index contributed by atoms with van der Waals surface area (Å²) in [7, 11) is 0. The zero-order chi connectivity index (χ0) is 22.8. The molecular formula is C23H21N9O. The lowest BCUT2D eigenvalue weighted by Gasteiger charge is -2.12. The molecule has 0 aliphatic rings. The topological polar surface area (TPSA) is 115 Å². The second-order valence-corrected chi connectivity index (χ2v) is 7.51.